The Kier molecular flexibility index (Phi) is 3.68. The maximum absolute atomic E-state index is 5.53. The highest BCUT2D eigenvalue weighted by molar-refractivity contribution is 5.43. The SMILES string of the molecule is COc1c(C)cnc(CC2(c3ccccc3)CNC2)c1C. The Morgan fingerprint density at radius 2 is 1.90 bits per heavy atom. The number of nitrogens with one attached hydrogen (secondary N) is 1. The Labute approximate surface area is 126 Å². The first-order chi connectivity index (χ1) is 10.2. The molecule has 110 valence electrons. The lowest BCUT2D eigenvalue weighted by Gasteiger charge is -2.43. The van der Waals surface area contributed by atoms with Crippen LogP contribution >= 0.6 is 0 Å². The van der Waals surface area contributed by atoms with E-state index in [0.29, 0.717) is 0 Å². The van der Waals surface area contributed by atoms with Crippen LogP contribution in [0.2, 0.25) is 0 Å². The van der Waals surface area contributed by atoms with Crippen LogP contribution in [0.25, 0.3) is 0 Å². The Morgan fingerprint density at radius 3 is 2.48 bits per heavy atom. The van der Waals surface area contributed by atoms with Crippen molar-refractivity contribution in [2.24, 2.45) is 0 Å². The Bertz CT molecular complexity index is 633. The zero-order valence-electron chi connectivity index (χ0n) is 12.9. The fourth-order valence-electron chi connectivity index (χ4n) is 3.22. The van der Waals surface area contributed by atoms with Crippen LogP contribution < -0.4 is 10.1 Å². The number of methoxy groups -OCH3 is 1. The molecule has 1 fully saturated rings. The molecule has 0 atom stereocenters. The van der Waals surface area contributed by atoms with Crippen LogP contribution in [0.1, 0.15) is 22.4 Å². The van der Waals surface area contributed by atoms with E-state index in [2.05, 4.69) is 47.6 Å². The third kappa shape index (κ3) is 2.42. The summed E-state index contributed by atoms with van der Waals surface area (Å²) in [5.41, 5.74) is 4.96. The van der Waals surface area contributed by atoms with Gasteiger partial charge in [-0.2, -0.15) is 0 Å². The monoisotopic (exact) mass is 282 g/mol. The molecule has 1 N–H and O–H groups in total. The molecule has 1 aliphatic heterocycles. The van der Waals surface area contributed by atoms with E-state index in [1.165, 1.54) is 11.1 Å². The van der Waals surface area contributed by atoms with E-state index in [1.807, 2.05) is 13.1 Å². The zero-order valence-corrected chi connectivity index (χ0v) is 12.9. The van der Waals surface area contributed by atoms with Crippen molar-refractivity contribution in [3.63, 3.8) is 0 Å². The first-order valence-corrected chi connectivity index (χ1v) is 7.41. The predicted octanol–water partition coefficient (Wildman–Crippen LogP) is 2.79. The Morgan fingerprint density at radius 1 is 1.19 bits per heavy atom. The molecule has 0 spiro atoms. The van der Waals surface area contributed by atoms with E-state index < -0.39 is 0 Å². The summed E-state index contributed by atoms with van der Waals surface area (Å²) in [5.74, 6) is 0.968. The second-order valence-electron chi connectivity index (χ2n) is 5.97. The lowest BCUT2D eigenvalue weighted by Crippen LogP contribution is -2.58. The molecule has 0 radical (unpaired) electrons. The van der Waals surface area contributed by atoms with Crippen molar-refractivity contribution in [1.82, 2.24) is 10.3 Å². The van der Waals surface area contributed by atoms with Crippen molar-refractivity contribution in [2.45, 2.75) is 25.7 Å². The highest BCUT2D eigenvalue weighted by Crippen LogP contribution is 2.34. The number of ether oxygens (including phenoxy) is 1. The molecule has 2 aromatic rings. The van der Waals surface area contributed by atoms with E-state index in [0.717, 1.165) is 36.5 Å². The highest BCUT2D eigenvalue weighted by Gasteiger charge is 2.39. The van der Waals surface area contributed by atoms with Gasteiger partial charge in [-0.1, -0.05) is 30.3 Å². The first kappa shape index (κ1) is 14.1. The maximum Gasteiger partial charge on any atom is 0.128 e. The molecule has 0 bridgehead atoms. The van der Waals surface area contributed by atoms with Gasteiger partial charge in [0.15, 0.2) is 0 Å². The minimum absolute atomic E-state index is 0.166. The molecule has 21 heavy (non-hydrogen) atoms. The number of aromatic nitrogens is 1. The summed E-state index contributed by atoms with van der Waals surface area (Å²) in [6.07, 6.45) is 2.87. The van der Waals surface area contributed by atoms with Crippen molar-refractivity contribution in [3.8, 4) is 5.75 Å². The molecule has 0 aliphatic carbocycles. The van der Waals surface area contributed by atoms with Gasteiger partial charge in [-0.15, -0.1) is 0 Å². The summed E-state index contributed by atoms with van der Waals surface area (Å²) >= 11 is 0. The second kappa shape index (κ2) is 5.49. The van der Waals surface area contributed by atoms with Crippen LogP contribution in [0.3, 0.4) is 0 Å². The van der Waals surface area contributed by atoms with Crippen molar-refractivity contribution in [3.05, 3.63) is 58.9 Å². The van der Waals surface area contributed by atoms with Gasteiger partial charge in [-0.25, -0.2) is 0 Å². The normalized spacial score (nSPS) is 16.3. The van der Waals surface area contributed by atoms with Crippen LogP contribution in [-0.4, -0.2) is 25.2 Å². The summed E-state index contributed by atoms with van der Waals surface area (Å²) < 4.78 is 5.53. The highest BCUT2D eigenvalue weighted by atomic mass is 16.5. The Balaban J connectivity index is 1.96. The number of hydrogen-bond acceptors (Lipinski definition) is 3. The van der Waals surface area contributed by atoms with Crippen molar-refractivity contribution in [2.75, 3.05) is 20.2 Å². The van der Waals surface area contributed by atoms with Crippen LogP contribution in [0, 0.1) is 13.8 Å². The van der Waals surface area contributed by atoms with Crippen molar-refractivity contribution < 1.29 is 4.74 Å². The molecule has 1 aromatic carbocycles. The number of rotatable bonds is 4. The quantitative estimate of drug-likeness (QED) is 0.936. The number of aryl methyl sites for hydroxylation is 1. The van der Waals surface area contributed by atoms with Crippen LogP contribution in [-0.2, 0) is 11.8 Å². The molecule has 3 nitrogen and oxygen atoms in total. The molecule has 0 saturated carbocycles. The van der Waals surface area contributed by atoms with Gasteiger partial charge in [0.2, 0.25) is 0 Å². The zero-order chi connectivity index (χ0) is 14.9. The number of nitrogens with zero attached hydrogens (tertiary/aromatic N) is 1. The number of benzene rings is 1. The molecule has 0 amide bonds. The smallest absolute Gasteiger partial charge is 0.128 e. The molecular weight excluding hydrogens is 260 g/mol. The maximum atomic E-state index is 5.53. The molecule has 3 rings (SSSR count). The van der Waals surface area contributed by atoms with Gasteiger partial charge in [-0.05, 0) is 19.4 Å². The first-order valence-electron chi connectivity index (χ1n) is 7.41. The standard InChI is InChI=1S/C18H22N2O/c1-13-10-20-16(14(2)17(13)21-3)9-18(11-19-12-18)15-7-5-4-6-8-15/h4-8,10,19H,9,11-12H2,1-3H3. The minimum Gasteiger partial charge on any atom is -0.496 e. The molecule has 1 aromatic heterocycles. The van der Waals surface area contributed by atoms with E-state index in [1.54, 1.807) is 7.11 Å². The molecular formula is C18H22N2O. The van der Waals surface area contributed by atoms with E-state index in [9.17, 15) is 0 Å². The minimum atomic E-state index is 0.166. The van der Waals surface area contributed by atoms with Gasteiger partial charge >= 0.3 is 0 Å². The topological polar surface area (TPSA) is 34.1 Å². The molecule has 1 saturated heterocycles. The molecule has 0 unspecified atom stereocenters. The third-order valence-corrected chi connectivity index (χ3v) is 4.57. The summed E-state index contributed by atoms with van der Waals surface area (Å²) in [6, 6.07) is 10.8. The fraction of sp³-hybridized carbons (Fsp3) is 0.389. The van der Waals surface area contributed by atoms with Gasteiger partial charge in [-0.3, -0.25) is 4.98 Å². The van der Waals surface area contributed by atoms with E-state index in [-0.39, 0.29) is 5.41 Å². The number of hydrogen-bond donors (Lipinski definition) is 1. The summed E-state index contributed by atoms with van der Waals surface area (Å²) in [7, 11) is 1.73. The van der Waals surface area contributed by atoms with Crippen LogP contribution in [0.4, 0.5) is 0 Å². The second-order valence-corrected chi connectivity index (χ2v) is 5.97. The van der Waals surface area contributed by atoms with Gasteiger partial charge in [0.25, 0.3) is 0 Å². The van der Waals surface area contributed by atoms with Gasteiger partial charge in [0.1, 0.15) is 5.75 Å². The van der Waals surface area contributed by atoms with Crippen LogP contribution in [0.5, 0.6) is 5.75 Å². The predicted molar refractivity (Wildman–Crippen MR) is 85.0 cm³/mol. The van der Waals surface area contributed by atoms with E-state index >= 15 is 0 Å². The number of pyridine rings is 1. The molecule has 2 heterocycles. The lowest BCUT2D eigenvalue weighted by molar-refractivity contribution is 0.271. The summed E-state index contributed by atoms with van der Waals surface area (Å²) in [6.45, 7) is 6.17. The molecule has 1 aliphatic rings. The van der Waals surface area contributed by atoms with Gasteiger partial charge in [0, 0.05) is 47.9 Å². The average Bonchev–Trinajstić information content (AvgIpc) is 2.46. The van der Waals surface area contributed by atoms with Crippen LogP contribution in [0.15, 0.2) is 36.5 Å². The van der Waals surface area contributed by atoms with Gasteiger partial charge in [0.05, 0.1) is 7.11 Å². The van der Waals surface area contributed by atoms with Gasteiger partial charge < -0.3 is 10.1 Å². The molecule has 3 heteroatoms. The average molecular weight is 282 g/mol. The fourth-order valence-corrected chi connectivity index (χ4v) is 3.22. The summed E-state index contributed by atoms with van der Waals surface area (Å²) in [5, 5.41) is 3.42. The van der Waals surface area contributed by atoms with Crippen molar-refractivity contribution in [1.29, 1.82) is 0 Å². The van der Waals surface area contributed by atoms with E-state index in [4.69, 9.17) is 4.74 Å². The van der Waals surface area contributed by atoms with Crippen molar-refractivity contribution >= 4 is 0 Å². The third-order valence-electron chi connectivity index (χ3n) is 4.57. The summed E-state index contributed by atoms with van der Waals surface area (Å²) in [4.78, 5) is 4.67. The largest absolute Gasteiger partial charge is 0.496 e. The Hall–Kier alpha value is -1.87. The lowest BCUT2D eigenvalue weighted by atomic mass is 9.71.